The lowest BCUT2D eigenvalue weighted by Crippen LogP contribution is -2.48. The summed E-state index contributed by atoms with van der Waals surface area (Å²) >= 11 is 0. The molecular formula is C15H21N3O3. The van der Waals surface area contributed by atoms with Crippen LogP contribution in [0, 0.1) is 19.8 Å². The molecule has 0 fully saturated rings. The van der Waals surface area contributed by atoms with Gasteiger partial charge in [-0.05, 0) is 43.5 Å². The van der Waals surface area contributed by atoms with Crippen molar-refractivity contribution in [2.45, 2.75) is 34.1 Å². The molecule has 0 aliphatic rings. The first-order valence-electron chi connectivity index (χ1n) is 6.83. The third-order valence-corrected chi connectivity index (χ3v) is 3.33. The summed E-state index contributed by atoms with van der Waals surface area (Å²) in [5.41, 5.74) is 6.96. The van der Waals surface area contributed by atoms with Crippen molar-refractivity contribution in [2.24, 2.45) is 5.92 Å². The highest BCUT2D eigenvalue weighted by atomic mass is 16.2. The Balaban J connectivity index is 2.53. The van der Waals surface area contributed by atoms with Crippen LogP contribution in [0.4, 0.5) is 5.69 Å². The second-order valence-electron chi connectivity index (χ2n) is 5.01. The molecule has 1 unspecified atom stereocenters. The number of carbonyl (C=O) groups is 3. The van der Waals surface area contributed by atoms with E-state index >= 15 is 0 Å². The zero-order chi connectivity index (χ0) is 16.0. The molecular weight excluding hydrogens is 270 g/mol. The normalized spacial score (nSPS) is 11.4. The van der Waals surface area contributed by atoms with E-state index in [1.54, 1.807) is 19.1 Å². The van der Waals surface area contributed by atoms with E-state index in [0.29, 0.717) is 12.1 Å². The summed E-state index contributed by atoms with van der Waals surface area (Å²) in [4.78, 5) is 34.7. The minimum absolute atomic E-state index is 0.229. The minimum atomic E-state index is -0.912. The van der Waals surface area contributed by atoms with Crippen molar-refractivity contribution in [3.05, 3.63) is 29.3 Å². The monoisotopic (exact) mass is 291 g/mol. The number of amides is 3. The molecule has 0 saturated carbocycles. The lowest BCUT2D eigenvalue weighted by molar-refractivity contribution is -0.138. The van der Waals surface area contributed by atoms with E-state index in [2.05, 4.69) is 16.2 Å². The number of carbonyl (C=O) groups excluding carboxylic acids is 3. The minimum Gasteiger partial charge on any atom is -0.318 e. The van der Waals surface area contributed by atoms with Gasteiger partial charge >= 0.3 is 11.8 Å². The van der Waals surface area contributed by atoms with Gasteiger partial charge in [-0.1, -0.05) is 19.9 Å². The largest absolute Gasteiger partial charge is 0.328 e. The van der Waals surface area contributed by atoms with E-state index in [0.717, 1.165) is 11.1 Å². The third-order valence-electron chi connectivity index (χ3n) is 3.33. The smallest absolute Gasteiger partial charge is 0.318 e. The molecule has 3 amide bonds. The summed E-state index contributed by atoms with van der Waals surface area (Å²) in [6, 6.07) is 5.34. The number of hydrazine groups is 1. The quantitative estimate of drug-likeness (QED) is 0.581. The highest BCUT2D eigenvalue weighted by Gasteiger charge is 2.16. The average Bonchev–Trinajstić information content (AvgIpc) is 2.47. The van der Waals surface area contributed by atoms with Gasteiger partial charge < -0.3 is 5.32 Å². The molecule has 0 aliphatic carbocycles. The Hall–Kier alpha value is -2.37. The Kier molecular flexibility index (Phi) is 5.90. The Bertz CT molecular complexity index is 555. The number of anilines is 1. The molecule has 1 aromatic carbocycles. The van der Waals surface area contributed by atoms with Gasteiger partial charge in [0.25, 0.3) is 0 Å². The molecule has 0 saturated heterocycles. The predicted octanol–water partition coefficient (Wildman–Crippen LogP) is 1.44. The highest BCUT2D eigenvalue weighted by molar-refractivity contribution is 6.39. The summed E-state index contributed by atoms with van der Waals surface area (Å²) in [5.74, 6) is -2.30. The SMILES string of the molecule is CCC(C)C(=O)NNC(=O)C(=O)Nc1ccc(C)c(C)c1. The van der Waals surface area contributed by atoms with Gasteiger partial charge in [0.1, 0.15) is 0 Å². The number of nitrogens with one attached hydrogen (secondary N) is 3. The molecule has 0 aromatic heterocycles. The maximum Gasteiger partial charge on any atom is 0.328 e. The molecule has 0 bridgehead atoms. The average molecular weight is 291 g/mol. The van der Waals surface area contributed by atoms with Gasteiger partial charge in [-0.2, -0.15) is 0 Å². The van der Waals surface area contributed by atoms with Crippen molar-refractivity contribution in [3.8, 4) is 0 Å². The van der Waals surface area contributed by atoms with Crippen LogP contribution in [-0.2, 0) is 14.4 Å². The molecule has 1 atom stereocenters. The van der Waals surface area contributed by atoms with E-state index in [9.17, 15) is 14.4 Å². The van der Waals surface area contributed by atoms with Crippen molar-refractivity contribution in [2.75, 3.05) is 5.32 Å². The lowest BCUT2D eigenvalue weighted by atomic mass is 10.1. The summed E-state index contributed by atoms with van der Waals surface area (Å²) in [6.07, 6.45) is 0.649. The predicted molar refractivity (Wildman–Crippen MR) is 80.3 cm³/mol. The van der Waals surface area contributed by atoms with Gasteiger partial charge in [0.2, 0.25) is 5.91 Å². The molecule has 1 aromatic rings. The standard InChI is InChI=1S/C15H21N3O3/c1-5-9(2)13(19)17-18-15(21)14(20)16-12-7-6-10(3)11(4)8-12/h6-9H,5H2,1-4H3,(H,16,20)(H,17,19)(H,18,21). The fourth-order valence-corrected chi connectivity index (χ4v) is 1.49. The molecule has 3 N–H and O–H groups in total. The van der Waals surface area contributed by atoms with E-state index in [1.807, 2.05) is 26.8 Å². The van der Waals surface area contributed by atoms with E-state index in [1.165, 1.54) is 0 Å². The van der Waals surface area contributed by atoms with Gasteiger partial charge in [0.15, 0.2) is 0 Å². The van der Waals surface area contributed by atoms with E-state index in [4.69, 9.17) is 0 Å². The van der Waals surface area contributed by atoms with Gasteiger partial charge in [0.05, 0.1) is 0 Å². The van der Waals surface area contributed by atoms with Crippen LogP contribution < -0.4 is 16.2 Å². The van der Waals surface area contributed by atoms with Crippen LogP contribution in [0.3, 0.4) is 0 Å². The molecule has 0 aliphatic heterocycles. The van der Waals surface area contributed by atoms with Crippen molar-refractivity contribution in [3.63, 3.8) is 0 Å². The maximum absolute atomic E-state index is 11.7. The van der Waals surface area contributed by atoms with E-state index < -0.39 is 11.8 Å². The summed E-state index contributed by atoms with van der Waals surface area (Å²) in [7, 11) is 0. The van der Waals surface area contributed by atoms with Gasteiger partial charge in [-0.25, -0.2) is 0 Å². The first-order chi connectivity index (χ1) is 9.85. The molecule has 0 spiro atoms. The zero-order valence-corrected chi connectivity index (χ0v) is 12.7. The van der Waals surface area contributed by atoms with Crippen molar-refractivity contribution < 1.29 is 14.4 Å². The summed E-state index contributed by atoms with van der Waals surface area (Å²) in [5, 5.41) is 2.47. The first kappa shape index (κ1) is 16.7. The summed E-state index contributed by atoms with van der Waals surface area (Å²) < 4.78 is 0. The maximum atomic E-state index is 11.7. The Morgan fingerprint density at radius 1 is 1.05 bits per heavy atom. The molecule has 0 heterocycles. The second kappa shape index (κ2) is 7.42. The number of benzene rings is 1. The van der Waals surface area contributed by atoms with Crippen LogP contribution in [0.25, 0.3) is 0 Å². The number of hydrogen-bond acceptors (Lipinski definition) is 3. The number of hydrogen-bond donors (Lipinski definition) is 3. The van der Waals surface area contributed by atoms with Crippen LogP contribution in [0.15, 0.2) is 18.2 Å². The topological polar surface area (TPSA) is 87.3 Å². The molecule has 21 heavy (non-hydrogen) atoms. The van der Waals surface area contributed by atoms with Gasteiger partial charge in [0, 0.05) is 11.6 Å². The van der Waals surface area contributed by atoms with Crippen molar-refractivity contribution in [1.82, 2.24) is 10.9 Å². The van der Waals surface area contributed by atoms with E-state index in [-0.39, 0.29) is 11.8 Å². The Morgan fingerprint density at radius 2 is 1.71 bits per heavy atom. The third kappa shape index (κ3) is 4.91. The van der Waals surface area contributed by atoms with Crippen LogP contribution >= 0.6 is 0 Å². The Labute approximate surface area is 124 Å². The van der Waals surface area contributed by atoms with Gasteiger partial charge in [-0.15, -0.1) is 0 Å². The molecule has 1 rings (SSSR count). The summed E-state index contributed by atoms with van der Waals surface area (Å²) in [6.45, 7) is 7.46. The zero-order valence-electron chi connectivity index (χ0n) is 12.7. The van der Waals surface area contributed by atoms with Gasteiger partial charge in [-0.3, -0.25) is 25.2 Å². The fourth-order valence-electron chi connectivity index (χ4n) is 1.49. The molecule has 6 nitrogen and oxygen atoms in total. The number of aryl methyl sites for hydroxylation is 2. The van der Waals surface area contributed by atoms with Crippen molar-refractivity contribution in [1.29, 1.82) is 0 Å². The fraction of sp³-hybridized carbons (Fsp3) is 0.400. The molecule has 0 radical (unpaired) electrons. The van der Waals surface area contributed by atoms with Crippen LogP contribution in [0.2, 0.25) is 0 Å². The van der Waals surface area contributed by atoms with Crippen molar-refractivity contribution >= 4 is 23.4 Å². The molecule has 114 valence electrons. The van der Waals surface area contributed by atoms with Crippen LogP contribution in [-0.4, -0.2) is 17.7 Å². The van der Waals surface area contributed by atoms with Crippen LogP contribution in [0.5, 0.6) is 0 Å². The lowest BCUT2D eigenvalue weighted by Gasteiger charge is -2.11. The number of rotatable bonds is 3. The molecule has 6 heteroatoms. The second-order valence-corrected chi connectivity index (χ2v) is 5.01. The highest BCUT2D eigenvalue weighted by Crippen LogP contribution is 2.13. The Morgan fingerprint density at radius 3 is 2.29 bits per heavy atom. The van der Waals surface area contributed by atoms with Crippen LogP contribution in [0.1, 0.15) is 31.4 Å². The first-order valence-corrected chi connectivity index (χ1v) is 6.83.